The molecule has 4 heterocycles. The number of nitrogens with zero attached hydrogens (tertiary/aromatic N) is 5. The molecule has 9 rings (SSSR count). The molecule has 0 amide bonds. The quantitative estimate of drug-likeness (QED) is 0.165. The van der Waals surface area contributed by atoms with Crippen LogP contribution in [-0.4, -0.2) is 21.2 Å². The van der Waals surface area contributed by atoms with Crippen molar-refractivity contribution in [2.24, 2.45) is 7.05 Å². The van der Waals surface area contributed by atoms with Crippen LogP contribution in [0.2, 0.25) is 0 Å². The molecule has 0 aliphatic carbocycles. The molecule has 3 aromatic heterocycles. The molecule has 1 aliphatic rings. The van der Waals surface area contributed by atoms with E-state index in [9.17, 15) is 0 Å². The molecule has 0 saturated heterocycles. The number of ether oxygens (including phenoxy) is 1. The summed E-state index contributed by atoms with van der Waals surface area (Å²) in [5, 5.41) is 4.71. The molecular weight excluding hydrogens is 834 g/mol. The Morgan fingerprint density at radius 2 is 1.38 bits per heavy atom. The maximum atomic E-state index is 6.76. The van der Waals surface area contributed by atoms with Gasteiger partial charge in [-0.15, -0.1) is 47.0 Å². The van der Waals surface area contributed by atoms with Crippen molar-refractivity contribution in [1.29, 1.82) is 0 Å². The minimum atomic E-state index is -0.133. The van der Waals surface area contributed by atoms with Gasteiger partial charge in [0.1, 0.15) is 5.82 Å². The predicted molar refractivity (Wildman–Crippen MR) is 215 cm³/mol. The molecule has 0 N–H and O–H groups in total. The van der Waals surface area contributed by atoms with Gasteiger partial charge in [0.05, 0.1) is 5.52 Å². The first-order valence-electron chi connectivity index (χ1n) is 17.9. The summed E-state index contributed by atoms with van der Waals surface area (Å²) in [6.45, 7) is 15.6. The Kier molecular flexibility index (Phi) is 8.27. The van der Waals surface area contributed by atoms with Crippen molar-refractivity contribution >= 4 is 60.7 Å². The van der Waals surface area contributed by atoms with Crippen LogP contribution >= 0.6 is 0 Å². The van der Waals surface area contributed by atoms with Crippen molar-refractivity contribution in [3.8, 4) is 17.3 Å². The largest absolute Gasteiger partial charge is 0.509 e. The molecule has 0 radical (unpaired) electrons. The minimum absolute atomic E-state index is 0. The smallest absolute Gasteiger partial charge is 0.135 e. The van der Waals surface area contributed by atoms with E-state index in [1.165, 1.54) is 27.4 Å². The predicted octanol–water partition coefficient (Wildman–Crippen LogP) is 11.5. The Balaban J connectivity index is 0.00000400. The van der Waals surface area contributed by atoms with Crippen LogP contribution in [0.25, 0.3) is 49.4 Å². The Labute approximate surface area is 325 Å². The second kappa shape index (κ2) is 12.5. The Hall–Kier alpha value is -5.06. The maximum absolute atomic E-state index is 6.76. The molecule has 0 atom stereocenters. The minimum Gasteiger partial charge on any atom is -0.509 e. The van der Waals surface area contributed by atoms with Crippen LogP contribution in [-0.2, 0) is 38.9 Å². The fourth-order valence-electron chi connectivity index (χ4n) is 7.67. The van der Waals surface area contributed by atoms with Crippen molar-refractivity contribution in [2.75, 3.05) is 16.8 Å². The molecule has 7 heteroatoms. The molecule has 0 spiro atoms. The third-order valence-corrected chi connectivity index (χ3v) is 10.5. The Bertz CT molecular complexity index is 2710. The first kappa shape index (κ1) is 35.0. The Morgan fingerprint density at radius 1 is 0.660 bits per heavy atom. The number of aromatic nitrogens is 3. The van der Waals surface area contributed by atoms with Gasteiger partial charge in [0, 0.05) is 79.0 Å². The average Bonchev–Trinajstić information content (AvgIpc) is 3.74. The van der Waals surface area contributed by atoms with Gasteiger partial charge in [-0.3, -0.25) is 0 Å². The molecule has 0 bridgehead atoms. The van der Waals surface area contributed by atoms with Crippen LogP contribution in [0.3, 0.4) is 0 Å². The number of para-hydroxylation sites is 2. The zero-order chi connectivity index (χ0) is 36.1. The summed E-state index contributed by atoms with van der Waals surface area (Å²) in [6.07, 6.45) is 1.91. The number of hydrogen-bond acceptors (Lipinski definition) is 4. The van der Waals surface area contributed by atoms with Crippen LogP contribution in [0, 0.1) is 18.8 Å². The summed E-state index contributed by atoms with van der Waals surface area (Å²) in [5.41, 5.74) is 9.86. The van der Waals surface area contributed by atoms with Crippen LogP contribution in [0.15, 0.2) is 103 Å². The van der Waals surface area contributed by atoms with Gasteiger partial charge in [0.2, 0.25) is 0 Å². The first-order chi connectivity index (χ1) is 24.9. The van der Waals surface area contributed by atoms with E-state index >= 15 is 0 Å². The van der Waals surface area contributed by atoms with Crippen LogP contribution < -0.4 is 14.5 Å². The number of benzene rings is 5. The van der Waals surface area contributed by atoms with Gasteiger partial charge in [-0.1, -0.05) is 83.5 Å². The second-order valence-corrected chi connectivity index (χ2v) is 16.1. The van der Waals surface area contributed by atoms with E-state index in [0.29, 0.717) is 11.5 Å². The molecule has 6 nitrogen and oxygen atoms in total. The van der Waals surface area contributed by atoms with Crippen LogP contribution in [0.5, 0.6) is 11.5 Å². The molecule has 270 valence electrons. The van der Waals surface area contributed by atoms with Gasteiger partial charge >= 0.3 is 0 Å². The molecule has 0 unspecified atom stereocenters. The monoisotopic (exact) mass is 875 g/mol. The normalized spacial score (nSPS) is 13.4. The zero-order valence-corrected chi connectivity index (χ0v) is 33.6. The molecule has 8 aromatic rings. The topological polar surface area (TPSA) is 38.5 Å². The van der Waals surface area contributed by atoms with Crippen molar-refractivity contribution < 1.29 is 25.8 Å². The van der Waals surface area contributed by atoms with E-state index < -0.39 is 0 Å². The second-order valence-electron chi connectivity index (χ2n) is 16.1. The van der Waals surface area contributed by atoms with Crippen molar-refractivity contribution in [1.82, 2.24) is 14.1 Å². The van der Waals surface area contributed by atoms with Gasteiger partial charge in [0.15, 0.2) is 0 Å². The van der Waals surface area contributed by atoms with Gasteiger partial charge in [0.25, 0.3) is 0 Å². The van der Waals surface area contributed by atoms with Gasteiger partial charge < -0.3 is 23.7 Å². The number of anilines is 3. The number of aryl methyl sites for hydroxylation is 1. The van der Waals surface area contributed by atoms with E-state index in [2.05, 4.69) is 184 Å². The van der Waals surface area contributed by atoms with E-state index in [4.69, 9.17) is 9.72 Å². The van der Waals surface area contributed by atoms with E-state index in [1.807, 2.05) is 12.3 Å². The van der Waals surface area contributed by atoms with E-state index in [-0.39, 0.29) is 31.9 Å². The summed E-state index contributed by atoms with van der Waals surface area (Å²) < 4.78 is 11.2. The summed E-state index contributed by atoms with van der Waals surface area (Å²) >= 11 is 0. The fraction of sp³-hybridized carbons (Fsp3) is 0.217. The van der Waals surface area contributed by atoms with Gasteiger partial charge in [-0.05, 0) is 65.2 Å². The van der Waals surface area contributed by atoms with Crippen LogP contribution in [0.4, 0.5) is 17.1 Å². The fourth-order valence-corrected chi connectivity index (χ4v) is 7.67. The van der Waals surface area contributed by atoms with Crippen molar-refractivity contribution in [3.05, 3.63) is 133 Å². The number of fused-ring (bicyclic) bond motifs is 8. The summed E-state index contributed by atoms with van der Waals surface area (Å²) in [7, 11) is 4.25. The SMILES string of the molecule is CN1[CH-]N(c2[c-]c(Oc3[c-]c4c(cc3)c3ccccc3n4-c3cc(C(C)(C)C)ccn3)cc(C(C)(C)C)c2)c2c1ccc1c2c2ccccc2n1C.[Pt]. The summed E-state index contributed by atoms with van der Waals surface area (Å²) in [5.74, 6) is 2.13. The first-order valence-corrected chi connectivity index (χ1v) is 17.9. The summed E-state index contributed by atoms with van der Waals surface area (Å²) in [6, 6.07) is 41.7. The molecular formula is C46H42N5OPt-3. The van der Waals surface area contributed by atoms with Crippen molar-refractivity contribution in [2.45, 2.75) is 52.4 Å². The molecule has 0 saturated carbocycles. The third kappa shape index (κ3) is 5.70. The average molecular weight is 876 g/mol. The van der Waals surface area contributed by atoms with Crippen molar-refractivity contribution in [3.63, 3.8) is 0 Å². The summed E-state index contributed by atoms with van der Waals surface area (Å²) in [4.78, 5) is 9.31. The number of rotatable bonds is 4. The van der Waals surface area contributed by atoms with Gasteiger partial charge in [-0.25, -0.2) is 4.98 Å². The standard InChI is InChI=1S/C46H42N5O.Pt/c1-45(2,3)29-21-22-47-42(25-29)51-38-16-12-9-13-34(38)35-18-17-32(27-41(35)51)52-33-24-30(46(4,5)6)23-31(26-33)50-28-48(7)40-20-19-39-43(44(40)50)36-14-10-11-15-37(36)49(39)8;/h9-25,28H,1-8H3;/q-3;. The maximum Gasteiger partial charge on any atom is 0.135 e. The molecule has 5 aromatic carbocycles. The Morgan fingerprint density at radius 3 is 2.13 bits per heavy atom. The number of hydrogen-bond donors (Lipinski definition) is 0. The third-order valence-electron chi connectivity index (χ3n) is 10.5. The molecule has 53 heavy (non-hydrogen) atoms. The van der Waals surface area contributed by atoms with Crippen LogP contribution in [0.1, 0.15) is 52.7 Å². The molecule has 0 fully saturated rings. The number of pyridine rings is 1. The zero-order valence-electron chi connectivity index (χ0n) is 31.4. The van der Waals surface area contributed by atoms with E-state index in [0.717, 1.165) is 50.2 Å². The van der Waals surface area contributed by atoms with E-state index in [1.54, 1.807) is 0 Å². The molecule has 1 aliphatic heterocycles. The van der Waals surface area contributed by atoms with Gasteiger partial charge in [-0.2, -0.15) is 12.7 Å².